The van der Waals surface area contributed by atoms with Gasteiger partial charge in [-0.3, -0.25) is 9.78 Å². The number of likely N-dealkylation sites (tertiary alicyclic amines) is 1. The summed E-state index contributed by atoms with van der Waals surface area (Å²) in [7, 11) is 2.11. The van der Waals surface area contributed by atoms with Gasteiger partial charge in [0.05, 0.1) is 5.56 Å². The Hall–Kier alpha value is -1.42. The smallest absolute Gasteiger partial charge is 0.253 e. The highest BCUT2D eigenvalue weighted by molar-refractivity contribution is 5.94. The standard InChI is InChI=1S/C13H19N3O/c1-10-7-11(9-14-8-10)13(17)15-12-3-5-16(2)6-4-12/h7-9,12H,3-6H2,1-2H3,(H,15,17). The molecule has 4 nitrogen and oxygen atoms in total. The highest BCUT2D eigenvalue weighted by Crippen LogP contribution is 2.09. The van der Waals surface area contributed by atoms with E-state index in [0.717, 1.165) is 31.5 Å². The summed E-state index contributed by atoms with van der Waals surface area (Å²) < 4.78 is 0. The van der Waals surface area contributed by atoms with Crippen molar-refractivity contribution in [3.05, 3.63) is 29.6 Å². The van der Waals surface area contributed by atoms with E-state index < -0.39 is 0 Å². The highest BCUT2D eigenvalue weighted by atomic mass is 16.1. The largest absolute Gasteiger partial charge is 0.349 e. The lowest BCUT2D eigenvalue weighted by Crippen LogP contribution is -2.43. The Morgan fingerprint density at radius 2 is 2.12 bits per heavy atom. The van der Waals surface area contributed by atoms with Gasteiger partial charge < -0.3 is 10.2 Å². The van der Waals surface area contributed by atoms with Crippen molar-refractivity contribution in [3.63, 3.8) is 0 Å². The lowest BCUT2D eigenvalue weighted by molar-refractivity contribution is 0.0916. The molecule has 0 unspecified atom stereocenters. The predicted molar refractivity (Wildman–Crippen MR) is 67.0 cm³/mol. The van der Waals surface area contributed by atoms with E-state index in [2.05, 4.69) is 22.2 Å². The van der Waals surface area contributed by atoms with E-state index in [-0.39, 0.29) is 5.91 Å². The molecule has 2 heterocycles. The minimum atomic E-state index is -0.00393. The van der Waals surface area contributed by atoms with E-state index in [1.165, 1.54) is 0 Å². The molecule has 17 heavy (non-hydrogen) atoms. The van der Waals surface area contributed by atoms with Crippen LogP contribution in [0.5, 0.6) is 0 Å². The van der Waals surface area contributed by atoms with Gasteiger partial charge in [0, 0.05) is 18.4 Å². The molecule has 2 rings (SSSR count). The van der Waals surface area contributed by atoms with Crippen LogP contribution < -0.4 is 5.32 Å². The normalized spacial score (nSPS) is 18.0. The average molecular weight is 233 g/mol. The van der Waals surface area contributed by atoms with Crippen LogP contribution in [0.3, 0.4) is 0 Å². The number of aromatic nitrogens is 1. The summed E-state index contributed by atoms with van der Waals surface area (Å²) in [6.07, 6.45) is 5.44. The number of carbonyl (C=O) groups is 1. The third-order valence-corrected chi connectivity index (χ3v) is 3.19. The Morgan fingerprint density at radius 3 is 2.76 bits per heavy atom. The second kappa shape index (κ2) is 5.27. The summed E-state index contributed by atoms with van der Waals surface area (Å²) in [5, 5.41) is 3.08. The van der Waals surface area contributed by atoms with Gasteiger partial charge in [-0.15, -0.1) is 0 Å². The fourth-order valence-electron chi connectivity index (χ4n) is 2.10. The van der Waals surface area contributed by atoms with Crippen molar-refractivity contribution >= 4 is 5.91 Å². The molecule has 1 aromatic rings. The number of rotatable bonds is 2. The summed E-state index contributed by atoms with van der Waals surface area (Å²) in [5.41, 5.74) is 1.67. The van der Waals surface area contributed by atoms with Crippen molar-refractivity contribution in [3.8, 4) is 0 Å². The molecule has 1 aromatic heterocycles. The number of pyridine rings is 1. The van der Waals surface area contributed by atoms with E-state index in [9.17, 15) is 4.79 Å². The number of nitrogens with one attached hydrogen (secondary N) is 1. The molecule has 1 aliphatic heterocycles. The summed E-state index contributed by atoms with van der Waals surface area (Å²) in [5.74, 6) is -0.00393. The predicted octanol–water partition coefficient (Wildman–Crippen LogP) is 1.21. The summed E-state index contributed by atoms with van der Waals surface area (Å²) >= 11 is 0. The van der Waals surface area contributed by atoms with Crippen molar-refractivity contribution in [2.75, 3.05) is 20.1 Å². The molecule has 0 radical (unpaired) electrons. The van der Waals surface area contributed by atoms with Crippen molar-refractivity contribution in [1.82, 2.24) is 15.2 Å². The van der Waals surface area contributed by atoms with Crippen LogP contribution in [0.25, 0.3) is 0 Å². The van der Waals surface area contributed by atoms with Gasteiger partial charge in [-0.25, -0.2) is 0 Å². The molecule has 92 valence electrons. The Bertz CT molecular complexity index is 397. The van der Waals surface area contributed by atoms with Gasteiger partial charge in [-0.1, -0.05) is 0 Å². The first-order valence-electron chi connectivity index (χ1n) is 6.06. The van der Waals surface area contributed by atoms with Crippen LogP contribution >= 0.6 is 0 Å². The summed E-state index contributed by atoms with van der Waals surface area (Å²) in [6, 6.07) is 2.18. The molecular weight excluding hydrogens is 214 g/mol. The minimum absolute atomic E-state index is 0.00393. The lowest BCUT2D eigenvalue weighted by atomic mass is 10.1. The maximum atomic E-state index is 12.0. The zero-order chi connectivity index (χ0) is 12.3. The van der Waals surface area contributed by atoms with E-state index in [4.69, 9.17) is 0 Å². The van der Waals surface area contributed by atoms with Crippen molar-refractivity contribution < 1.29 is 4.79 Å². The van der Waals surface area contributed by atoms with Crippen molar-refractivity contribution in [2.24, 2.45) is 0 Å². The van der Waals surface area contributed by atoms with Gasteiger partial charge in [0.1, 0.15) is 0 Å². The second-order valence-electron chi connectivity index (χ2n) is 4.80. The Labute approximate surface area is 102 Å². The summed E-state index contributed by atoms with van der Waals surface area (Å²) in [6.45, 7) is 4.05. The summed E-state index contributed by atoms with van der Waals surface area (Å²) in [4.78, 5) is 18.3. The zero-order valence-corrected chi connectivity index (χ0v) is 10.4. The average Bonchev–Trinajstić information content (AvgIpc) is 2.32. The molecule has 0 bridgehead atoms. The van der Waals surface area contributed by atoms with Crippen molar-refractivity contribution in [2.45, 2.75) is 25.8 Å². The third-order valence-electron chi connectivity index (χ3n) is 3.19. The molecule has 0 aliphatic carbocycles. The van der Waals surface area contributed by atoms with E-state index in [1.54, 1.807) is 12.4 Å². The zero-order valence-electron chi connectivity index (χ0n) is 10.4. The molecule has 0 saturated carbocycles. The SMILES string of the molecule is Cc1cncc(C(=O)NC2CCN(C)CC2)c1. The number of piperidine rings is 1. The molecular formula is C13H19N3O. The van der Waals surface area contributed by atoms with Gasteiger partial charge in [-0.05, 0) is 51.5 Å². The van der Waals surface area contributed by atoms with E-state index in [0.29, 0.717) is 11.6 Å². The number of hydrogen-bond donors (Lipinski definition) is 1. The molecule has 0 aromatic carbocycles. The molecule has 1 amide bonds. The molecule has 1 fully saturated rings. The van der Waals surface area contributed by atoms with Crippen LogP contribution in [0.4, 0.5) is 0 Å². The second-order valence-corrected chi connectivity index (χ2v) is 4.80. The molecule has 1 N–H and O–H groups in total. The molecule has 1 aliphatic rings. The first-order chi connectivity index (χ1) is 8.15. The first-order valence-corrected chi connectivity index (χ1v) is 6.06. The first kappa shape index (κ1) is 12.0. The maximum Gasteiger partial charge on any atom is 0.253 e. The van der Waals surface area contributed by atoms with Gasteiger partial charge in [0.25, 0.3) is 5.91 Å². The maximum absolute atomic E-state index is 12.0. The molecule has 0 spiro atoms. The fraction of sp³-hybridized carbons (Fsp3) is 0.538. The highest BCUT2D eigenvalue weighted by Gasteiger charge is 2.19. The van der Waals surface area contributed by atoms with Gasteiger partial charge >= 0.3 is 0 Å². The minimum Gasteiger partial charge on any atom is -0.349 e. The number of nitrogens with zero attached hydrogens (tertiary/aromatic N) is 2. The van der Waals surface area contributed by atoms with Gasteiger partial charge in [-0.2, -0.15) is 0 Å². The topological polar surface area (TPSA) is 45.2 Å². The molecule has 0 atom stereocenters. The number of amides is 1. The monoisotopic (exact) mass is 233 g/mol. The molecule has 1 saturated heterocycles. The van der Waals surface area contributed by atoms with Crippen LogP contribution in [0.2, 0.25) is 0 Å². The lowest BCUT2D eigenvalue weighted by Gasteiger charge is -2.29. The van der Waals surface area contributed by atoms with Crippen LogP contribution in [-0.4, -0.2) is 42.0 Å². The van der Waals surface area contributed by atoms with Gasteiger partial charge in [0.2, 0.25) is 0 Å². The molecule has 4 heteroatoms. The number of hydrogen-bond acceptors (Lipinski definition) is 3. The Morgan fingerprint density at radius 1 is 1.41 bits per heavy atom. The van der Waals surface area contributed by atoms with Crippen LogP contribution in [-0.2, 0) is 0 Å². The fourth-order valence-corrected chi connectivity index (χ4v) is 2.10. The van der Waals surface area contributed by atoms with Crippen molar-refractivity contribution in [1.29, 1.82) is 0 Å². The van der Waals surface area contributed by atoms with E-state index in [1.807, 2.05) is 13.0 Å². The Balaban J connectivity index is 1.93. The number of carbonyl (C=O) groups excluding carboxylic acids is 1. The van der Waals surface area contributed by atoms with E-state index >= 15 is 0 Å². The number of aryl methyl sites for hydroxylation is 1. The van der Waals surface area contributed by atoms with Crippen LogP contribution in [0, 0.1) is 6.92 Å². The quantitative estimate of drug-likeness (QED) is 0.835. The third kappa shape index (κ3) is 3.27. The Kier molecular flexibility index (Phi) is 3.74. The van der Waals surface area contributed by atoms with Gasteiger partial charge in [0.15, 0.2) is 0 Å². The van der Waals surface area contributed by atoms with Crippen LogP contribution in [0.1, 0.15) is 28.8 Å². The van der Waals surface area contributed by atoms with Crippen LogP contribution in [0.15, 0.2) is 18.5 Å².